The van der Waals surface area contributed by atoms with Gasteiger partial charge in [0.05, 0.1) is 5.60 Å². The van der Waals surface area contributed by atoms with E-state index in [2.05, 4.69) is 10.6 Å². The van der Waals surface area contributed by atoms with E-state index in [9.17, 15) is 34.8 Å². The fourth-order valence-electron chi connectivity index (χ4n) is 2.90. The van der Waals surface area contributed by atoms with Crippen LogP contribution in [0, 0.1) is 0 Å². The van der Waals surface area contributed by atoms with Crippen LogP contribution < -0.4 is 22.1 Å². The highest BCUT2D eigenvalue weighted by molar-refractivity contribution is 5.99. The van der Waals surface area contributed by atoms with E-state index in [0.29, 0.717) is 13.0 Å². The number of hydrogen-bond acceptors (Lipinski definition) is 8. The molecule has 2 amide bonds. The average Bonchev–Trinajstić information content (AvgIpc) is 2.63. The first-order valence-corrected chi connectivity index (χ1v) is 10.1. The molecule has 2 atom stereocenters. The molecule has 178 valence electrons. The molecule has 0 saturated heterocycles. The molecule has 0 aliphatic carbocycles. The summed E-state index contributed by atoms with van der Waals surface area (Å²) in [4.78, 5) is 36.7. The number of carboxylic acid groups (broad SMARTS) is 1. The lowest BCUT2D eigenvalue weighted by molar-refractivity contribution is -0.137. The highest BCUT2D eigenvalue weighted by atomic mass is 16.4. The van der Waals surface area contributed by atoms with Crippen LogP contribution in [-0.4, -0.2) is 62.4 Å². The van der Waals surface area contributed by atoms with E-state index in [1.165, 1.54) is 26.0 Å². The Labute approximate surface area is 186 Å². The quantitative estimate of drug-likeness (QED) is 0.155. The molecule has 0 unspecified atom stereocenters. The molecule has 0 aliphatic rings. The standard InChI is InChI=1S/C21H32N4O7/c1-21(2,32)18(25-17(28)10-13(23)5-3-4-6-22)19(29)24-16(20(30)31)9-12-7-14(26)11-15(27)8-12/h7-9,11,13,18,26-27,32H,3-6,10,22-23H2,1-2H3,(H,24,29)(H,25,28)(H,30,31)/b16-9-/t13-,18+/m0/s1. The van der Waals surface area contributed by atoms with Crippen molar-refractivity contribution in [1.82, 2.24) is 10.6 Å². The van der Waals surface area contributed by atoms with Crippen molar-refractivity contribution in [3.63, 3.8) is 0 Å². The van der Waals surface area contributed by atoms with Crippen molar-refractivity contribution in [2.75, 3.05) is 6.54 Å². The first kappa shape index (κ1) is 26.9. The number of aliphatic hydroxyl groups is 1. The van der Waals surface area contributed by atoms with Gasteiger partial charge >= 0.3 is 5.97 Å². The number of hydrogen-bond donors (Lipinski definition) is 8. The van der Waals surface area contributed by atoms with E-state index in [1.807, 2.05) is 0 Å². The number of benzene rings is 1. The van der Waals surface area contributed by atoms with Crippen LogP contribution in [0.1, 0.15) is 45.1 Å². The number of phenols is 2. The van der Waals surface area contributed by atoms with Crippen molar-refractivity contribution in [1.29, 1.82) is 0 Å². The lowest BCUT2D eigenvalue weighted by atomic mass is 9.97. The van der Waals surface area contributed by atoms with Crippen molar-refractivity contribution < 1.29 is 34.8 Å². The van der Waals surface area contributed by atoms with Crippen LogP contribution in [0.4, 0.5) is 0 Å². The molecule has 0 aromatic heterocycles. The van der Waals surface area contributed by atoms with Crippen LogP contribution in [-0.2, 0) is 14.4 Å². The number of carboxylic acids is 1. The monoisotopic (exact) mass is 452 g/mol. The molecule has 0 aliphatic heterocycles. The predicted molar refractivity (Wildman–Crippen MR) is 117 cm³/mol. The molecule has 0 fully saturated rings. The Kier molecular flexibility index (Phi) is 10.1. The molecule has 1 rings (SSSR count). The zero-order valence-corrected chi connectivity index (χ0v) is 18.2. The highest BCUT2D eigenvalue weighted by Gasteiger charge is 2.35. The van der Waals surface area contributed by atoms with Gasteiger partial charge in [-0.3, -0.25) is 9.59 Å². The van der Waals surface area contributed by atoms with E-state index < -0.39 is 41.2 Å². The Morgan fingerprint density at radius 1 is 1.12 bits per heavy atom. The third-order valence-corrected chi connectivity index (χ3v) is 4.47. The summed E-state index contributed by atoms with van der Waals surface area (Å²) in [6.07, 6.45) is 3.00. The minimum absolute atomic E-state index is 0.0887. The van der Waals surface area contributed by atoms with Gasteiger partial charge < -0.3 is 42.5 Å². The first-order chi connectivity index (χ1) is 14.8. The van der Waals surface area contributed by atoms with Gasteiger partial charge in [-0.25, -0.2) is 4.79 Å². The zero-order valence-electron chi connectivity index (χ0n) is 18.2. The predicted octanol–water partition coefficient (Wildman–Crippen LogP) is -0.258. The van der Waals surface area contributed by atoms with E-state index in [1.54, 1.807) is 0 Å². The number of aliphatic carboxylic acids is 1. The van der Waals surface area contributed by atoms with Gasteiger partial charge in [-0.05, 0) is 57.0 Å². The number of unbranched alkanes of at least 4 members (excludes halogenated alkanes) is 1. The highest BCUT2D eigenvalue weighted by Crippen LogP contribution is 2.22. The molecule has 1 aromatic rings. The summed E-state index contributed by atoms with van der Waals surface area (Å²) >= 11 is 0. The minimum atomic E-state index is -1.73. The fourth-order valence-corrected chi connectivity index (χ4v) is 2.90. The summed E-state index contributed by atoms with van der Waals surface area (Å²) in [6.45, 7) is 3.09. The topological polar surface area (TPSA) is 208 Å². The van der Waals surface area contributed by atoms with Crippen LogP contribution in [0.25, 0.3) is 6.08 Å². The number of amides is 2. The Morgan fingerprint density at radius 3 is 2.22 bits per heavy atom. The summed E-state index contributed by atoms with van der Waals surface area (Å²) < 4.78 is 0. The average molecular weight is 453 g/mol. The molecule has 0 bridgehead atoms. The van der Waals surface area contributed by atoms with Crippen molar-refractivity contribution >= 4 is 23.9 Å². The number of nitrogens with one attached hydrogen (secondary N) is 2. The first-order valence-electron chi connectivity index (χ1n) is 10.1. The summed E-state index contributed by atoms with van der Waals surface area (Å²) in [5, 5.41) is 43.4. The zero-order chi connectivity index (χ0) is 24.5. The molecule has 1 aromatic carbocycles. The SMILES string of the molecule is CC(C)(O)[C@H](NC(=O)C[C@@H](N)CCCCN)C(=O)N/C(=C\c1cc(O)cc(O)c1)C(=O)O. The van der Waals surface area contributed by atoms with E-state index in [0.717, 1.165) is 25.0 Å². The molecule has 32 heavy (non-hydrogen) atoms. The van der Waals surface area contributed by atoms with Gasteiger partial charge in [0.15, 0.2) is 0 Å². The van der Waals surface area contributed by atoms with Gasteiger partial charge in [-0.1, -0.05) is 6.42 Å². The third-order valence-electron chi connectivity index (χ3n) is 4.47. The van der Waals surface area contributed by atoms with E-state index in [4.69, 9.17) is 11.5 Å². The molecule has 0 spiro atoms. The molecule has 10 N–H and O–H groups in total. The van der Waals surface area contributed by atoms with Gasteiger partial charge in [-0.2, -0.15) is 0 Å². The van der Waals surface area contributed by atoms with Crippen molar-refractivity contribution in [2.45, 2.75) is 57.2 Å². The lowest BCUT2D eigenvalue weighted by Crippen LogP contribution is -2.58. The Hall–Kier alpha value is -3.15. The molecule has 11 heteroatoms. The minimum Gasteiger partial charge on any atom is -0.508 e. The number of nitrogens with two attached hydrogens (primary N) is 2. The summed E-state index contributed by atoms with van der Waals surface area (Å²) in [7, 11) is 0. The third kappa shape index (κ3) is 9.33. The summed E-state index contributed by atoms with van der Waals surface area (Å²) in [5.74, 6) is -3.68. The lowest BCUT2D eigenvalue weighted by Gasteiger charge is -2.29. The maximum absolute atomic E-state index is 12.7. The molecule has 11 nitrogen and oxygen atoms in total. The molecule has 0 heterocycles. The van der Waals surface area contributed by atoms with E-state index >= 15 is 0 Å². The van der Waals surface area contributed by atoms with Gasteiger partial charge in [-0.15, -0.1) is 0 Å². The van der Waals surface area contributed by atoms with Crippen LogP contribution in [0.3, 0.4) is 0 Å². The van der Waals surface area contributed by atoms with Gasteiger partial charge in [0.2, 0.25) is 11.8 Å². The second kappa shape index (κ2) is 12.0. The number of carbonyl (C=O) groups is 3. The molecular formula is C21H32N4O7. The molecule has 0 saturated carbocycles. The van der Waals surface area contributed by atoms with Crippen molar-refractivity contribution in [2.24, 2.45) is 11.5 Å². The van der Waals surface area contributed by atoms with E-state index in [-0.39, 0.29) is 23.5 Å². The Balaban J connectivity index is 2.97. The van der Waals surface area contributed by atoms with Crippen molar-refractivity contribution in [3.05, 3.63) is 29.5 Å². The fraction of sp³-hybridized carbons (Fsp3) is 0.476. The number of phenolic OH excluding ortho intramolecular Hbond substituents is 2. The van der Waals surface area contributed by atoms with Crippen LogP contribution >= 0.6 is 0 Å². The van der Waals surface area contributed by atoms with Crippen LogP contribution in [0.2, 0.25) is 0 Å². The maximum Gasteiger partial charge on any atom is 0.352 e. The second-order valence-electron chi connectivity index (χ2n) is 8.04. The van der Waals surface area contributed by atoms with Crippen molar-refractivity contribution in [3.8, 4) is 11.5 Å². The normalized spacial score (nSPS) is 13.8. The second-order valence-corrected chi connectivity index (χ2v) is 8.04. The molecular weight excluding hydrogens is 420 g/mol. The largest absolute Gasteiger partial charge is 0.508 e. The van der Waals surface area contributed by atoms with Gasteiger partial charge in [0.1, 0.15) is 23.2 Å². The summed E-state index contributed by atoms with van der Waals surface area (Å²) in [5.41, 5.74) is 9.12. The molecule has 0 radical (unpaired) electrons. The van der Waals surface area contributed by atoms with Crippen LogP contribution in [0.15, 0.2) is 23.9 Å². The summed E-state index contributed by atoms with van der Waals surface area (Å²) in [6, 6.07) is 1.47. The number of carbonyl (C=O) groups excluding carboxylic acids is 2. The Bertz CT molecular complexity index is 829. The van der Waals surface area contributed by atoms with Gasteiger partial charge in [0.25, 0.3) is 0 Å². The van der Waals surface area contributed by atoms with Gasteiger partial charge in [0, 0.05) is 18.5 Å². The number of aromatic hydroxyl groups is 2. The number of rotatable bonds is 12. The van der Waals surface area contributed by atoms with Crippen LogP contribution in [0.5, 0.6) is 11.5 Å². The smallest absolute Gasteiger partial charge is 0.352 e. The Morgan fingerprint density at radius 2 is 1.72 bits per heavy atom. The maximum atomic E-state index is 12.7.